The molecule has 6 heteroatoms. The van der Waals surface area contributed by atoms with E-state index < -0.39 is 0 Å². The Bertz CT molecular complexity index is 659. The smallest absolute Gasteiger partial charge is 0.223 e. The second-order valence-electron chi connectivity index (χ2n) is 5.03. The average molecular weight is 332 g/mol. The molecular weight excluding hydrogens is 314 g/mol. The zero-order valence-electron chi connectivity index (χ0n) is 12.8. The van der Waals surface area contributed by atoms with Gasteiger partial charge in [0.05, 0.1) is 0 Å². The average Bonchev–Trinajstić information content (AvgIpc) is 2.55. The van der Waals surface area contributed by atoms with Crippen molar-refractivity contribution in [3.63, 3.8) is 0 Å². The molecule has 0 saturated carbocycles. The van der Waals surface area contributed by atoms with Gasteiger partial charge in [0.25, 0.3) is 0 Å². The number of nitrogens with zero attached hydrogens (tertiary/aromatic N) is 2. The highest BCUT2D eigenvalue weighted by Crippen LogP contribution is 2.18. The van der Waals surface area contributed by atoms with Gasteiger partial charge in [-0.25, -0.2) is 0 Å². The van der Waals surface area contributed by atoms with Crippen LogP contribution in [0.3, 0.4) is 0 Å². The molecule has 2 amide bonds. The summed E-state index contributed by atoms with van der Waals surface area (Å²) in [6, 6.07) is 10.6. The molecule has 0 aliphatic rings. The highest BCUT2D eigenvalue weighted by molar-refractivity contribution is 6.30. The van der Waals surface area contributed by atoms with E-state index in [4.69, 9.17) is 11.6 Å². The molecule has 120 valence electrons. The Morgan fingerprint density at radius 1 is 1.13 bits per heavy atom. The van der Waals surface area contributed by atoms with Crippen LogP contribution in [0.2, 0.25) is 5.02 Å². The van der Waals surface area contributed by atoms with Crippen molar-refractivity contribution in [2.24, 2.45) is 0 Å². The minimum absolute atomic E-state index is 0.109. The number of halogens is 1. The largest absolute Gasteiger partial charge is 0.352 e. The Morgan fingerprint density at radius 3 is 2.39 bits per heavy atom. The fraction of sp³-hybridized carbons (Fsp3) is 0.235. The topological polar surface area (TPSA) is 62.3 Å². The van der Waals surface area contributed by atoms with E-state index in [1.54, 1.807) is 41.6 Å². The lowest BCUT2D eigenvalue weighted by Gasteiger charge is -2.21. The number of nitrogens with one attached hydrogen (secondary N) is 1. The number of benzene rings is 1. The van der Waals surface area contributed by atoms with E-state index in [0.717, 1.165) is 11.3 Å². The highest BCUT2D eigenvalue weighted by atomic mass is 35.5. The molecule has 0 saturated heterocycles. The van der Waals surface area contributed by atoms with Crippen LogP contribution in [-0.4, -0.2) is 23.3 Å². The fourth-order valence-electron chi connectivity index (χ4n) is 2.09. The van der Waals surface area contributed by atoms with Gasteiger partial charge in [-0.05, 0) is 42.0 Å². The van der Waals surface area contributed by atoms with E-state index in [1.807, 2.05) is 12.1 Å². The lowest BCUT2D eigenvalue weighted by atomic mass is 10.2. The molecule has 2 aromatic rings. The van der Waals surface area contributed by atoms with Crippen LogP contribution in [0.1, 0.15) is 18.9 Å². The Balaban J connectivity index is 1.87. The molecule has 0 atom stereocenters. The third-order valence-electron chi connectivity index (χ3n) is 3.32. The van der Waals surface area contributed by atoms with Crippen LogP contribution in [0.15, 0.2) is 48.8 Å². The number of hydrogen-bond donors (Lipinski definition) is 1. The zero-order valence-corrected chi connectivity index (χ0v) is 13.6. The van der Waals surface area contributed by atoms with E-state index in [0.29, 0.717) is 18.1 Å². The minimum atomic E-state index is -0.116. The minimum Gasteiger partial charge on any atom is -0.352 e. The van der Waals surface area contributed by atoms with Crippen LogP contribution in [-0.2, 0) is 16.1 Å². The number of anilines is 1. The number of hydrogen-bond acceptors (Lipinski definition) is 3. The van der Waals surface area contributed by atoms with Gasteiger partial charge in [-0.3, -0.25) is 14.6 Å². The van der Waals surface area contributed by atoms with E-state index in [1.165, 1.54) is 6.92 Å². The molecule has 0 bridgehead atoms. The van der Waals surface area contributed by atoms with E-state index in [9.17, 15) is 9.59 Å². The number of amides is 2. The van der Waals surface area contributed by atoms with Gasteiger partial charge in [-0.15, -0.1) is 0 Å². The number of aromatic nitrogens is 1. The third kappa shape index (κ3) is 5.38. The van der Waals surface area contributed by atoms with Gasteiger partial charge in [-0.1, -0.05) is 11.6 Å². The number of carbonyl (C=O) groups is 2. The van der Waals surface area contributed by atoms with Crippen LogP contribution >= 0.6 is 11.6 Å². The molecule has 0 radical (unpaired) electrons. The van der Waals surface area contributed by atoms with Gasteiger partial charge in [0, 0.05) is 49.5 Å². The maximum absolute atomic E-state index is 11.9. The van der Waals surface area contributed by atoms with Crippen LogP contribution in [0, 0.1) is 0 Å². The first-order valence-electron chi connectivity index (χ1n) is 7.25. The molecule has 0 fully saturated rings. The van der Waals surface area contributed by atoms with Crippen molar-refractivity contribution in [2.45, 2.75) is 19.9 Å². The summed E-state index contributed by atoms with van der Waals surface area (Å²) in [6.45, 7) is 2.24. The second-order valence-corrected chi connectivity index (χ2v) is 5.47. The van der Waals surface area contributed by atoms with E-state index >= 15 is 0 Å². The summed E-state index contributed by atoms with van der Waals surface area (Å²) in [5, 5.41) is 3.43. The summed E-state index contributed by atoms with van der Waals surface area (Å²) in [4.78, 5) is 29.2. The molecule has 1 N–H and O–H groups in total. The fourth-order valence-corrected chi connectivity index (χ4v) is 2.22. The molecule has 1 aromatic carbocycles. The van der Waals surface area contributed by atoms with Crippen molar-refractivity contribution < 1.29 is 9.59 Å². The Kier molecular flexibility index (Phi) is 6.11. The lowest BCUT2D eigenvalue weighted by Crippen LogP contribution is -2.33. The molecular formula is C17H18ClN3O2. The summed E-state index contributed by atoms with van der Waals surface area (Å²) in [6.07, 6.45) is 3.59. The molecule has 5 nitrogen and oxygen atoms in total. The van der Waals surface area contributed by atoms with Crippen molar-refractivity contribution in [1.29, 1.82) is 0 Å². The third-order valence-corrected chi connectivity index (χ3v) is 3.57. The Hall–Kier alpha value is -2.40. The summed E-state index contributed by atoms with van der Waals surface area (Å²) < 4.78 is 0. The molecule has 0 unspecified atom stereocenters. The summed E-state index contributed by atoms with van der Waals surface area (Å²) in [5.41, 5.74) is 1.71. The van der Waals surface area contributed by atoms with E-state index in [2.05, 4.69) is 10.3 Å². The molecule has 0 aliphatic heterocycles. The number of pyridine rings is 1. The Labute approximate surface area is 140 Å². The number of carbonyl (C=O) groups excluding carboxylic acids is 2. The number of rotatable bonds is 6. The van der Waals surface area contributed by atoms with Crippen molar-refractivity contribution in [2.75, 3.05) is 11.4 Å². The molecule has 23 heavy (non-hydrogen) atoms. The highest BCUT2D eigenvalue weighted by Gasteiger charge is 2.13. The maximum Gasteiger partial charge on any atom is 0.223 e. The lowest BCUT2D eigenvalue weighted by molar-refractivity contribution is -0.121. The maximum atomic E-state index is 11.9. The van der Waals surface area contributed by atoms with Crippen LogP contribution < -0.4 is 10.2 Å². The van der Waals surface area contributed by atoms with E-state index in [-0.39, 0.29) is 18.2 Å². The van der Waals surface area contributed by atoms with Crippen molar-refractivity contribution in [3.05, 3.63) is 59.4 Å². The van der Waals surface area contributed by atoms with Crippen LogP contribution in [0.4, 0.5) is 5.69 Å². The quantitative estimate of drug-likeness (QED) is 0.885. The molecule has 0 aliphatic carbocycles. The standard InChI is InChI=1S/C17H18ClN3O2/c1-13(22)21(16-4-2-15(18)3-5-16)11-8-17(23)20-12-14-6-9-19-10-7-14/h2-7,9-10H,8,11-12H2,1H3,(H,20,23). The first kappa shape index (κ1) is 17.0. The normalized spacial score (nSPS) is 10.2. The predicted molar refractivity (Wildman–Crippen MR) is 90.2 cm³/mol. The van der Waals surface area contributed by atoms with Gasteiger partial charge in [0.1, 0.15) is 0 Å². The van der Waals surface area contributed by atoms with Gasteiger partial charge in [0.2, 0.25) is 11.8 Å². The second kappa shape index (κ2) is 8.29. The summed E-state index contributed by atoms with van der Waals surface area (Å²) >= 11 is 5.85. The van der Waals surface area contributed by atoms with Crippen molar-refractivity contribution in [3.8, 4) is 0 Å². The molecule has 1 heterocycles. The Morgan fingerprint density at radius 2 is 1.78 bits per heavy atom. The van der Waals surface area contributed by atoms with Gasteiger partial charge >= 0.3 is 0 Å². The molecule has 0 spiro atoms. The predicted octanol–water partition coefficient (Wildman–Crippen LogP) is 2.79. The zero-order chi connectivity index (χ0) is 16.7. The summed E-state index contributed by atoms with van der Waals surface area (Å²) in [7, 11) is 0. The van der Waals surface area contributed by atoms with Crippen LogP contribution in [0.25, 0.3) is 0 Å². The molecule has 2 rings (SSSR count). The molecule has 1 aromatic heterocycles. The first-order chi connectivity index (χ1) is 11.1. The van der Waals surface area contributed by atoms with Gasteiger partial charge < -0.3 is 10.2 Å². The first-order valence-corrected chi connectivity index (χ1v) is 7.63. The monoisotopic (exact) mass is 331 g/mol. The van der Waals surface area contributed by atoms with Crippen molar-refractivity contribution >= 4 is 29.1 Å². The van der Waals surface area contributed by atoms with Gasteiger partial charge in [0.15, 0.2) is 0 Å². The van der Waals surface area contributed by atoms with Crippen molar-refractivity contribution in [1.82, 2.24) is 10.3 Å². The van der Waals surface area contributed by atoms with Crippen LogP contribution in [0.5, 0.6) is 0 Å². The SMILES string of the molecule is CC(=O)N(CCC(=O)NCc1ccncc1)c1ccc(Cl)cc1. The summed E-state index contributed by atoms with van der Waals surface area (Å²) in [5.74, 6) is -0.226. The van der Waals surface area contributed by atoms with Gasteiger partial charge in [-0.2, -0.15) is 0 Å².